The molecule has 768 valence electrons. The summed E-state index contributed by atoms with van der Waals surface area (Å²) in [6.07, 6.45) is -3.72. The summed E-state index contributed by atoms with van der Waals surface area (Å²) in [5.74, 6) is 5.38. The van der Waals surface area contributed by atoms with E-state index in [4.69, 9.17) is 56.8 Å². The number of nitrogens with zero attached hydrogens (tertiary/aromatic N) is 12. The first-order valence-corrected chi connectivity index (χ1v) is 52.0. The zero-order valence-electron chi connectivity index (χ0n) is 84.8. The van der Waals surface area contributed by atoms with E-state index in [1.54, 1.807) is 230 Å². The van der Waals surface area contributed by atoms with Gasteiger partial charge in [0.1, 0.15) is 91.4 Å². The van der Waals surface area contributed by atoms with Crippen molar-refractivity contribution in [3.63, 3.8) is 0 Å². The summed E-state index contributed by atoms with van der Waals surface area (Å²) in [7, 11) is 2.37. The summed E-state index contributed by atoms with van der Waals surface area (Å²) in [5, 5.41) is 71.3. The van der Waals surface area contributed by atoms with Gasteiger partial charge in [0, 0.05) is 80.8 Å². The highest BCUT2D eigenvalue weighted by Gasteiger charge is 2.42. The normalized spacial score (nSPS) is 12.8. The molecule has 0 radical (unpaired) electrons. The van der Waals surface area contributed by atoms with Gasteiger partial charge in [0.2, 0.25) is 40.1 Å². The molecule has 12 aromatic carbocycles. The number of nitriles is 8. The minimum absolute atomic E-state index is 0.123. The zero-order valence-corrected chi connectivity index (χ0v) is 88.1. The third-order valence-corrected chi connectivity index (χ3v) is 33.3. The Labute approximate surface area is 867 Å². The number of rotatable bonds is 44. The third-order valence-electron chi connectivity index (χ3n) is 24.6. The smallest absolute Gasteiger partial charge is 0.220 e. The van der Waals surface area contributed by atoms with Crippen LogP contribution in [0.25, 0.3) is 0 Å². The molecule has 0 aliphatic rings. The first-order chi connectivity index (χ1) is 71.1. The van der Waals surface area contributed by atoms with Crippen molar-refractivity contribution in [2.75, 3.05) is 85.3 Å². The minimum atomic E-state index is -3.96. The summed E-state index contributed by atoms with van der Waals surface area (Å²) in [6.45, 7) is 7.25. The van der Waals surface area contributed by atoms with Crippen LogP contribution in [-0.4, -0.2) is 157 Å². The molecule has 0 aromatic heterocycles. The number of sulfonamides is 4. The maximum Gasteiger partial charge on any atom is 0.220 e. The van der Waals surface area contributed by atoms with Gasteiger partial charge in [-0.25, -0.2) is 33.7 Å². The fourth-order valence-corrected chi connectivity index (χ4v) is 22.9. The van der Waals surface area contributed by atoms with Gasteiger partial charge in [0.25, 0.3) is 0 Å². The van der Waals surface area contributed by atoms with E-state index in [2.05, 4.69) is 24.3 Å². The molecule has 0 saturated heterocycles. The van der Waals surface area contributed by atoms with Gasteiger partial charge in [-0.05, 0) is 240 Å². The Morgan fingerprint density at radius 1 is 0.203 bits per heavy atom. The second kappa shape index (κ2) is 55.7. The van der Waals surface area contributed by atoms with Gasteiger partial charge >= 0.3 is 0 Å². The van der Waals surface area contributed by atoms with E-state index in [-0.39, 0.29) is 74.6 Å². The van der Waals surface area contributed by atoms with Gasteiger partial charge in [-0.15, -0.1) is 0 Å². The Bertz CT molecular complexity index is 6240. The molecule has 148 heavy (non-hydrogen) atoms. The van der Waals surface area contributed by atoms with Crippen LogP contribution in [0.3, 0.4) is 0 Å². The molecule has 0 N–H and O–H groups in total. The van der Waals surface area contributed by atoms with Crippen molar-refractivity contribution in [3.05, 3.63) is 378 Å². The van der Waals surface area contributed by atoms with Crippen molar-refractivity contribution >= 4 is 40.1 Å². The topological polar surface area (TPSA) is 451 Å². The van der Waals surface area contributed by atoms with Crippen molar-refractivity contribution in [2.24, 2.45) is 0 Å². The highest BCUT2D eigenvalue weighted by Crippen LogP contribution is 2.39. The van der Waals surface area contributed by atoms with Gasteiger partial charge in [0.15, 0.2) is 0 Å². The Balaban J connectivity index is 0.000000219. The van der Waals surface area contributed by atoms with Crippen LogP contribution in [0.5, 0.6) is 46.0 Å². The summed E-state index contributed by atoms with van der Waals surface area (Å²) in [5.41, 5.74) is 9.98. The van der Waals surface area contributed by atoms with Crippen LogP contribution in [0.1, 0.15) is 163 Å². The van der Waals surface area contributed by atoms with Crippen LogP contribution in [0.15, 0.2) is 267 Å². The van der Waals surface area contributed by atoms with E-state index < -0.39 is 85.5 Å². The van der Waals surface area contributed by atoms with Gasteiger partial charge in [0.05, 0.1) is 150 Å². The molecule has 0 amide bonds. The van der Waals surface area contributed by atoms with E-state index in [0.717, 1.165) is 44.5 Å². The summed E-state index contributed by atoms with van der Waals surface area (Å²) < 4.78 is 182. The van der Waals surface area contributed by atoms with Gasteiger partial charge in [-0.3, -0.25) is 0 Å². The highest BCUT2D eigenvalue weighted by atomic mass is 32.2. The lowest BCUT2D eigenvalue weighted by Crippen LogP contribution is -2.40. The molecule has 0 bridgehead atoms. The number of methoxy groups -OCH3 is 12. The average Bonchev–Trinajstić information content (AvgIpc) is 0.792. The second-order valence-electron chi connectivity index (χ2n) is 33.6. The van der Waals surface area contributed by atoms with E-state index in [0.29, 0.717) is 90.5 Å². The van der Waals surface area contributed by atoms with E-state index >= 15 is 0 Å². The lowest BCUT2D eigenvalue weighted by atomic mass is 9.99. The molecule has 12 aromatic rings. The predicted octanol–water partition coefficient (Wildman–Crippen LogP) is 18.2. The zero-order chi connectivity index (χ0) is 108. The third kappa shape index (κ3) is 30.3. The standard InChI is InChI=1S/4C28H29N3O5S/c4*1-20(28(36-4)27-14-9-23(16-29)15-24(27)17-30)37(32,33)31(18-21-5-10-25(34-2)11-6-21)19-22-7-12-26(35-3)13-8-22/h4*5-15,20,28H,18-19H2,1-4H3/t2*20-,28+;2*20-,28-/m1010/s1. The quantitative estimate of drug-likeness (QED) is 0.0342. The maximum atomic E-state index is 14.0. The molecule has 0 fully saturated rings. The lowest BCUT2D eigenvalue weighted by molar-refractivity contribution is 0.100. The molecule has 0 unspecified atom stereocenters. The number of ether oxygens (including phenoxy) is 12. The van der Waals surface area contributed by atoms with Crippen LogP contribution in [0, 0.1) is 90.6 Å². The number of hydrogen-bond acceptors (Lipinski definition) is 28. The van der Waals surface area contributed by atoms with Crippen molar-refractivity contribution < 1.29 is 90.5 Å². The lowest BCUT2D eigenvalue weighted by Gasteiger charge is -2.30. The van der Waals surface area contributed by atoms with E-state index in [1.807, 2.05) is 121 Å². The largest absolute Gasteiger partial charge is 0.497 e. The van der Waals surface area contributed by atoms with Crippen molar-refractivity contribution in [1.29, 1.82) is 42.1 Å². The van der Waals surface area contributed by atoms with Crippen LogP contribution in [0.4, 0.5) is 0 Å². The van der Waals surface area contributed by atoms with E-state index in [1.165, 1.54) is 69.9 Å². The molecule has 0 heterocycles. The van der Waals surface area contributed by atoms with Crippen LogP contribution >= 0.6 is 0 Å². The van der Waals surface area contributed by atoms with Crippen molar-refractivity contribution in [2.45, 2.75) is 125 Å². The van der Waals surface area contributed by atoms with Crippen LogP contribution in [0.2, 0.25) is 0 Å². The highest BCUT2D eigenvalue weighted by molar-refractivity contribution is 7.90. The molecule has 32 nitrogen and oxygen atoms in total. The number of hydrogen-bond donors (Lipinski definition) is 0. The molecule has 0 saturated carbocycles. The fraction of sp³-hybridized carbons (Fsp3) is 0.286. The monoisotopic (exact) mass is 2080 g/mol. The van der Waals surface area contributed by atoms with Gasteiger partial charge in [-0.1, -0.05) is 121 Å². The Morgan fingerprint density at radius 3 is 0.432 bits per heavy atom. The number of benzene rings is 12. The van der Waals surface area contributed by atoms with Crippen molar-refractivity contribution in [1.82, 2.24) is 17.2 Å². The first-order valence-electron chi connectivity index (χ1n) is 45.9. The second-order valence-corrected chi connectivity index (χ2v) is 42.7. The Morgan fingerprint density at radius 2 is 0.331 bits per heavy atom. The SMILES string of the molecule is COc1ccc(CN(Cc2ccc(OC)cc2)S(=O)(=O)[C@@H](C)[C@@H](OC)c2ccc(C#N)cc2C#N)cc1.COc1ccc(CN(Cc2ccc(OC)cc2)S(=O)(=O)[C@@H](C)[C@H](OC)c2ccc(C#N)cc2C#N)cc1.COc1ccc(CN(Cc2ccc(OC)cc2)S(=O)(=O)[C@H](C)[C@@H](OC)c2ccc(C#N)cc2C#N)cc1.COc1ccc(CN(Cc2ccc(OC)cc2)S(=O)(=O)[C@H](C)[C@H](OC)c2ccc(C#N)cc2C#N)cc1. The van der Waals surface area contributed by atoms with E-state index in [9.17, 15) is 75.8 Å². The Kier molecular flexibility index (Phi) is 43.6. The predicted molar refractivity (Wildman–Crippen MR) is 557 cm³/mol. The molecular formula is C112H116N12O20S4. The summed E-state index contributed by atoms with van der Waals surface area (Å²) >= 11 is 0. The van der Waals surface area contributed by atoms with Crippen LogP contribution in [-0.2, 0) is 111 Å². The molecule has 0 aliphatic heterocycles. The fourth-order valence-electron chi connectivity index (χ4n) is 16.2. The summed E-state index contributed by atoms with van der Waals surface area (Å²) in [4.78, 5) is 0. The first kappa shape index (κ1) is 116. The molecule has 0 spiro atoms. The molecule has 36 heteroatoms. The molecule has 0 aliphatic carbocycles. The molecule has 8 atom stereocenters. The van der Waals surface area contributed by atoms with Crippen LogP contribution < -0.4 is 37.9 Å². The average molecular weight is 2080 g/mol. The maximum absolute atomic E-state index is 14.0. The Hall–Kier alpha value is -15.6. The summed E-state index contributed by atoms with van der Waals surface area (Å²) in [6, 6.07) is 92.2. The van der Waals surface area contributed by atoms with Crippen molar-refractivity contribution in [3.8, 4) is 94.5 Å². The van der Waals surface area contributed by atoms with Gasteiger partial charge < -0.3 is 56.8 Å². The van der Waals surface area contributed by atoms with Gasteiger partial charge in [-0.2, -0.15) is 59.3 Å². The molecular weight excluding hydrogens is 1960 g/mol. The molecule has 12 rings (SSSR count). The minimum Gasteiger partial charge on any atom is -0.497 e.